The summed E-state index contributed by atoms with van der Waals surface area (Å²) in [4.78, 5) is 5.41. The molecule has 18 heavy (non-hydrogen) atoms. The zero-order chi connectivity index (χ0) is 12.8. The van der Waals surface area contributed by atoms with E-state index in [1.165, 1.54) is 10.4 Å². The summed E-state index contributed by atoms with van der Waals surface area (Å²) < 4.78 is 5.19. The van der Waals surface area contributed by atoms with E-state index in [9.17, 15) is 0 Å². The number of methoxy groups -OCH3 is 1. The van der Waals surface area contributed by atoms with Crippen molar-refractivity contribution in [2.24, 2.45) is 0 Å². The van der Waals surface area contributed by atoms with E-state index >= 15 is 0 Å². The molecule has 1 atom stereocenters. The molecule has 1 unspecified atom stereocenters. The van der Waals surface area contributed by atoms with Crippen LogP contribution in [0.4, 0.5) is 0 Å². The number of aromatic nitrogens is 1. The molecule has 0 bridgehead atoms. The minimum atomic E-state index is 0.225. The molecule has 0 aliphatic rings. The zero-order valence-electron chi connectivity index (χ0n) is 10.7. The van der Waals surface area contributed by atoms with Gasteiger partial charge in [0, 0.05) is 11.1 Å². The van der Waals surface area contributed by atoms with Crippen LogP contribution in [0.5, 0.6) is 5.75 Å². The maximum absolute atomic E-state index is 5.19. The fraction of sp³-hybridized carbons (Fsp3) is 0.357. The van der Waals surface area contributed by atoms with Crippen LogP contribution in [0.3, 0.4) is 0 Å². The third kappa shape index (κ3) is 3.09. The fourth-order valence-corrected chi connectivity index (χ4v) is 2.56. The van der Waals surface area contributed by atoms with Crippen molar-refractivity contribution in [2.75, 3.05) is 13.7 Å². The summed E-state index contributed by atoms with van der Waals surface area (Å²) in [5, 5.41) is 3.56. The number of hydrogen-bond acceptors (Lipinski definition) is 4. The molecular weight excluding hydrogens is 244 g/mol. The van der Waals surface area contributed by atoms with Gasteiger partial charge >= 0.3 is 0 Å². The lowest BCUT2D eigenvalue weighted by atomic mass is 10.1. The first-order valence-electron chi connectivity index (χ1n) is 6.11. The van der Waals surface area contributed by atoms with Gasteiger partial charge < -0.3 is 10.1 Å². The van der Waals surface area contributed by atoms with Crippen LogP contribution >= 0.6 is 11.3 Å². The van der Waals surface area contributed by atoms with Crippen LogP contribution < -0.4 is 10.1 Å². The summed E-state index contributed by atoms with van der Waals surface area (Å²) in [6.45, 7) is 3.17. The lowest BCUT2D eigenvalue weighted by Gasteiger charge is -2.17. The zero-order valence-corrected chi connectivity index (χ0v) is 11.5. The Balaban J connectivity index is 2.21. The summed E-state index contributed by atoms with van der Waals surface area (Å²) in [6, 6.07) is 8.43. The molecule has 4 heteroatoms. The van der Waals surface area contributed by atoms with E-state index in [0.29, 0.717) is 0 Å². The standard InChI is InChI=1S/C14H18N2OS/c1-3-8-16-14(13-9-15-10-18-13)11-4-6-12(17-2)7-5-11/h4-7,9-10,14,16H,3,8H2,1-2H3. The Morgan fingerprint density at radius 2 is 2.11 bits per heavy atom. The van der Waals surface area contributed by atoms with Crippen molar-refractivity contribution in [1.29, 1.82) is 0 Å². The molecule has 1 heterocycles. The normalized spacial score (nSPS) is 12.3. The van der Waals surface area contributed by atoms with Crippen LogP contribution in [-0.4, -0.2) is 18.6 Å². The van der Waals surface area contributed by atoms with E-state index < -0.39 is 0 Å². The van der Waals surface area contributed by atoms with Crippen molar-refractivity contribution < 1.29 is 4.74 Å². The number of benzene rings is 1. The molecule has 1 N–H and O–H groups in total. The van der Waals surface area contributed by atoms with Gasteiger partial charge in [0.25, 0.3) is 0 Å². The molecule has 2 aromatic rings. The highest BCUT2D eigenvalue weighted by atomic mass is 32.1. The number of ether oxygens (including phenoxy) is 1. The van der Waals surface area contributed by atoms with E-state index in [-0.39, 0.29) is 6.04 Å². The van der Waals surface area contributed by atoms with Gasteiger partial charge in [-0.3, -0.25) is 4.98 Å². The molecule has 0 saturated heterocycles. The topological polar surface area (TPSA) is 34.1 Å². The monoisotopic (exact) mass is 262 g/mol. The van der Waals surface area contributed by atoms with Crippen molar-refractivity contribution in [3.63, 3.8) is 0 Å². The second-order valence-corrected chi connectivity index (χ2v) is 4.98. The molecular formula is C14H18N2OS. The van der Waals surface area contributed by atoms with Gasteiger partial charge in [-0.2, -0.15) is 0 Å². The first kappa shape index (κ1) is 13.1. The van der Waals surface area contributed by atoms with Crippen LogP contribution in [0.2, 0.25) is 0 Å². The summed E-state index contributed by atoms with van der Waals surface area (Å²) in [5.41, 5.74) is 3.12. The van der Waals surface area contributed by atoms with Crippen molar-refractivity contribution in [3.8, 4) is 5.75 Å². The predicted molar refractivity (Wildman–Crippen MR) is 75.2 cm³/mol. The molecule has 0 fully saturated rings. The maximum atomic E-state index is 5.19. The molecule has 0 aliphatic heterocycles. The fourth-order valence-electron chi connectivity index (χ4n) is 1.84. The van der Waals surface area contributed by atoms with Crippen LogP contribution in [0.15, 0.2) is 36.0 Å². The average Bonchev–Trinajstić information content (AvgIpc) is 2.94. The molecule has 2 rings (SSSR count). The molecule has 1 aromatic carbocycles. The highest BCUT2D eigenvalue weighted by molar-refractivity contribution is 7.09. The Morgan fingerprint density at radius 3 is 2.67 bits per heavy atom. The smallest absolute Gasteiger partial charge is 0.118 e. The lowest BCUT2D eigenvalue weighted by Crippen LogP contribution is -2.22. The van der Waals surface area contributed by atoms with Gasteiger partial charge in [0.2, 0.25) is 0 Å². The summed E-state index contributed by atoms with van der Waals surface area (Å²) in [6.07, 6.45) is 3.05. The number of thiazole rings is 1. The number of nitrogens with zero attached hydrogens (tertiary/aromatic N) is 1. The van der Waals surface area contributed by atoms with Crippen molar-refractivity contribution in [2.45, 2.75) is 19.4 Å². The SMILES string of the molecule is CCCNC(c1ccc(OC)cc1)c1cncs1. The van der Waals surface area contributed by atoms with Crippen LogP contribution in [0.1, 0.15) is 29.8 Å². The van der Waals surface area contributed by atoms with Gasteiger partial charge in [-0.25, -0.2) is 0 Å². The Bertz CT molecular complexity index is 453. The minimum Gasteiger partial charge on any atom is -0.497 e. The van der Waals surface area contributed by atoms with Gasteiger partial charge in [-0.05, 0) is 30.7 Å². The molecule has 0 amide bonds. The Kier molecular flexibility index (Phi) is 4.73. The van der Waals surface area contributed by atoms with E-state index in [2.05, 4.69) is 29.4 Å². The predicted octanol–water partition coefficient (Wildman–Crippen LogP) is 3.24. The molecule has 1 aromatic heterocycles. The number of hydrogen-bond donors (Lipinski definition) is 1. The third-order valence-corrected chi connectivity index (χ3v) is 3.62. The number of rotatable bonds is 6. The molecule has 0 aliphatic carbocycles. The molecule has 0 radical (unpaired) electrons. The lowest BCUT2D eigenvalue weighted by molar-refractivity contribution is 0.414. The second kappa shape index (κ2) is 6.52. The van der Waals surface area contributed by atoms with Crippen molar-refractivity contribution >= 4 is 11.3 Å². The van der Waals surface area contributed by atoms with Crippen LogP contribution in [-0.2, 0) is 0 Å². The van der Waals surface area contributed by atoms with E-state index in [0.717, 1.165) is 18.7 Å². The maximum Gasteiger partial charge on any atom is 0.118 e. The van der Waals surface area contributed by atoms with Crippen molar-refractivity contribution in [1.82, 2.24) is 10.3 Å². The van der Waals surface area contributed by atoms with Crippen LogP contribution in [0.25, 0.3) is 0 Å². The third-order valence-electron chi connectivity index (χ3n) is 2.78. The van der Waals surface area contributed by atoms with E-state index in [4.69, 9.17) is 4.74 Å². The Morgan fingerprint density at radius 1 is 1.33 bits per heavy atom. The van der Waals surface area contributed by atoms with Gasteiger partial charge in [0.1, 0.15) is 5.75 Å². The molecule has 0 saturated carbocycles. The summed E-state index contributed by atoms with van der Waals surface area (Å²) in [7, 11) is 1.69. The molecule has 96 valence electrons. The van der Waals surface area contributed by atoms with E-state index in [1.54, 1.807) is 18.4 Å². The van der Waals surface area contributed by atoms with Gasteiger partial charge in [0.15, 0.2) is 0 Å². The van der Waals surface area contributed by atoms with Crippen LogP contribution in [0, 0.1) is 0 Å². The van der Waals surface area contributed by atoms with E-state index in [1.807, 2.05) is 23.8 Å². The highest BCUT2D eigenvalue weighted by Crippen LogP contribution is 2.26. The highest BCUT2D eigenvalue weighted by Gasteiger charge is 2.14. The minimum absolute atomic E-state index is 0.225. The van der Waals surface area contributed by atoms with Gasteiger partial charge in [0.05, 0.1) is 18.7 Å². The van der Waals surface area contributed by atoms with Gasteiger partial charge in [-0.1, -0.05) is 19.1 Å². The van der Waals surface area contributed by atoms with Crippen molar-refractivity contribution in [3.05, 3.63) is 46.4 Å². The molecule has 0 spiro atoms. The van der Waals surface area contributed by atoms with Gasteiger partial charge in [-0.15, -0.1) is 11.3 Å². The second-order valence-electron chi connectivity index (χ2n) is 4.06. The largest absolute Gasteiger partial charge is 0.497 e. The first-order chi connectivity index (χ1) is 8.85. The average molecular weight is 262 g/mol. The number of nitrogens with one attached hydrogen (secondary N) is 1. The molecule has 3 nitrogen and oxygen atoms in total. The Hall–Kier alpha value is -1.39. The summed E-state index contributed by atoms with van der Waals surface area (Å²) >= 11 is 1.68. The summed E-state index contributed by atoms with van der Waals surface area (Å²) in [5.74, 6) is 0.886. The Labute approximate surface area is 112 Å². The quantitative estimate of drug-likeness (QED) is 0.867. The first-order valence-corrected chi connectivity index (χ1v) is 6.98.